The first-order chi connectivity index (χ1) is 16.4. The Labute approximate surface area is 199 Å². The molecular formula is C25H29N5O3S. The first kappa shape index (κ1) is 23.8. The second kappa shape index (κ2) is 9.90. The molecule has 0 saturated heterocycles. The number of pyridine rings is 1. The average molecular weight is 480 g/mol. The molecule has 4 rings (SSSR count). The zero-order valence-corrected chi connectivity index (χ0v) is 20.5. The number of imidazole rings is 1. The molecule has 2 heterocycles. The van der Waals surface area contributed by atoms with E-state index < -0.39 is 10.0 Å². The number of rotatable bonds is 9. The van der Waals surface area contributed by atoms with Crippen molar-refractivity contribution < 1.29 is 13.2 Å². The number of sulfonamides is 1. The molecular weight excluding hydrogens is 450 g/mol. The molecule has 2 aromatic heterocycles. The molecule has 0 aliphatic carbocycles. The Morgan fingerprint density at radius 2 is 1.82 bits per heavy atom. The maximum Gasteiger partial charge on any atom is 0.243 e. The van der Waals surface area contributed by atoms with Gasteiger partial charge in [0.25, 0.3) is 0 Å². The molecule has 0 fully saturated rings. The fourth-order valence-corrected chi connectivity index (χ4v) is 5.70. The summed E-state index contributed by atoms with van der Waals surface area (Å²) in [6, 6.07) is 14.6. The maximum atomic E-state index is 12.9. The van der Waals surface area contributed by atoms with E-state index in [4.69, 9.17) is 0 Å². The highest BCUT2D eigenvalue weighted by Gasteiger charge is 2.23. The summed E-state index contributed by atoms with van der Waals surface area (Å²) < 4.78 is 29.3. The number of nitrogens with one attached hydrogen (secondary N) is 1. The van der Waals surface area contributed by atoms with Crippen LogP contribution in [-0.2, 0) is 27.8 Å². The van der Waals surface area contributed by atoms with Crippen molar-refractivity contribution in [2.75, 3.05) is 18.4 Å². The van der Waals surface area contributed by atoms with Crippen molar-refractivity contribution in [2.45, 2.75) is 45.1 Å². The molecule has 34 heavy (non-hydrogen) atoms. The standard InChI is InChI=1S/C25H29N5O3S/c1-4-29(5-2)34(32,33)19-12-13-22-21(17-19)27-23(30(22)6-3)14-15-24(31)28-20-11-7-9-18-10-8-16-26-25(18)20/h7-13,16-17H,4-6,14-15H2,1-3H3,(H,28,31). The molecule has 0 aliphatic rings. The van der Waals surface area contributed by atoms with Crippen molar-refractivity contribution >= 4 is 43.6 Å². The molecule has 1 N–H and O–H groups in total. The lowest BCUT2D eigenvalue weighted by atomic mass is 10.2. The minimum Gasteiger partial charge on any atom is -0.328 e. The number of aromatic nitrogens is 3. The minimum absolute atomic E-state index is 0.127. The van der Waals surface area contributed by atoms with E-state index in [0.717, 1.165) is 22.2 Å². The van der Waals surface area contributed by atoms with Crippen LogP contribution in [0.4, 0.5) is 5.69 Å². The molecule has 9 heteroatoms. The van der Waals surface area contributed by atoms with E-state index in [9.17, 15) is 13.2 Å². The zero-order chi connectivity index (χ0) is 24.3. The van der Waals surface area contributed by atoms with E-state index in [1.54, 1.807) is 24.4 Å². The number of fused-ring (bicyclic) bond motifs is 2. The van der Waals surface area contributed by atoms with Crippen molar-refractivity contribution in [1.29, 1.82) is 0 Å². The van der Waals surface area contributed by atoms with Crippen LogP contribution in [0, 0.1) is 0 Å². The third kappa shape index (κ3) is 4.53. The van der Waals surface area contributed by atoms with Crippen molar-refractivity contribution in [3.63, 3.8) is 0 Å². The van der Waals surface area contributed by atoms with Gasteiger partial charge < -0.3 is 9.88 Å². The molecule has 0 unspecified atom stereocenters. The van der Waals surface area contributed by atoms with Crippen molar-refractivity contribution in [3.8, 4) is 0 Å². The van der Waals surface area contributed by atoms with Crippen LogP contribution in [0.3, 0.4) is 0 Å². The van der Waals surface area contributed by atoms with Crippen molar-refractivity contribution in [3.05, 3.63) is 60.6 Å². The Morgan fingerprint density at radius 3 is 2.56 bits per heavy atom. The summed E-state index contributed by atoms with van der Waals surface area (Å²) in [6.45, 7) is 7.14. The molecule has 0 bridgehead atoms. The molecule has 2 aromatic carbocycles. The van der Waals surface area contributed by atoms with Gasteiger partial charge in [-0.15, -0.1) is 0 Å². The molecule has 0 spiro atoms. The van der Waals surface area contributed by atoms with Crippen LogP contribution >= 0.6 is 0 Å². The summed E-state index contributed by atoms with van der Waals surface area (Å²) in [5.74, 6) is 0.624. The number of benzene rings is 2. The second-order valence-corrected chi connectivity index (χ2v) is 9.88. The highest BCUT2D eigenvalue weighted by Crippen LogP contribution is 2.24. The lowest BCUT2D eigenvalue weighted by Gasteiger charge is -2.18. The number of anilines is 1. The molecule has 4 aromatic rings. The molecule has 0 aliphatic heterocycles. The minimum atomic E-state index is -3.57. The van der Waals surface area contributed by atoms with Crippen LogP contribution in [0.1, 0.15) is 33.0 Å². The lowest BCUT2D eigenvalue weighted by Crippen LogP contribution is -2.30. The van der Waals surface area contributed by atoms with Gasteiger partial charge >= 0.3 is 0 Å². The molecule has 0 atom stereocenters. The Bertz CT molecular complexity index is 1440. The van der Waals surface area contributed by atoms with Gasteiger partial charge in [0, 0.05) is 44.1 Å². The lowest BCUT2D eigenvalue weighted by molar-refractivity contribution is -0.116. The molecule has 1 amide bonds. The van der Waals surface area contributed by atoms with Crippen LogP contribution in [0.5, 0.6) is 0 Å². The highest BCUT2D eigenvalue weighted by molar-refractivity contribution is 7.89. The van der Waals surface area contributed by atoms with Gasteiger partial charge in [-0.3, -0.25) is 9.78 Å². The van der Waals surface area contributed by atoms with Crippen LogP contribution in [-0.4, -0.2) is 46.3 Å². The van der Waals surface area contributed by atoms with E-state index >= 15 is 0 Å². The van der Waals surface area contributed by atoms with Crippen LogP contribution in [0.25, 0.3) is 21.9 Å². The SMILES string of the molecule is CCN(CC)S(=O)(=O)c1ccc2c(c1)nc(CCC(=O)Nc1cccc3cccnc13)n2CC. The van der Waals surface area contributed by atoms with Gasteiger partial charge in [-0.05, 0) is 37.3 Å². The number of hydrogen-bond donors (Lipinski definition) is 1. The van der Waals surface area contributed by atoms with Crippen LogP contribution in [0.15, 0.2) is 59.6 Å². The van der Waals surface area contributed by atoms with Gasteiger partial charge in [-0.1, -0.05) is 32.0 Å². The Kier molecular flexibility index (Phi) is 6.95. The summed E-state index contributed by atoms with van der Waals surface area (Å²) >= 11 is 0. The average Bonchev–Trinajstić information content (AvgIpc) is 3.20. The number of nitrogens with zero attached hydrogens (tertiary/aromatic N) is 4. The normalized spacial score (nSPS) is 12.0. The van der Waals surface area contributed by atoms with E-state index in [1.807, 2.05) is 55.7 Å². The number of amides is 1. The van der Waals surface area contributed by atoms with Crippen LogP contribution < -0.4 is 5.32 Å². The van der Waals surface area contributed by atoms with Crippen LogP contribution in [0.2, 0.25) is 0 Å². The molecule has 0 radical (unpaired) electrons. The van der Waals surface area contributed by atoms with E-state index in [2.05, 4.69) is 15.3 Å². The summed E-state index contributed by atoms with van der Waals surface area (Å²) in [6.07, 6.45) is 2.39. The Morgan fingerprint density at radius 1 is 1.06 bits per heavy atom. The van der Waals surface area contributed by atoms with Gasteiger partial charge in [0.05, 0.1) is 27.1 Å². The predicted octanol–water partition coefficient (Wildman–Crippen LogP) is 4.21. The maximum absolute atomic E-state index is 12.9. The van der Waals surface area contributed by atoms with Gasteiger partial charge in [0.15, 0.2) is 0 Å². The number of hydrogen-bond acceptors (Lipinski definition) is 5. The monoisotopic (exact) mass is 479 g/mol. The smallest absolute Gasteiger partial charge is 0.243 e. The number of aryl methyl sites for hydroxylation is 2. The number of para-hydroxylation sites is 1. The molecule has 0 saturated carbocycles. The summed E-state index contributed by atoms with van der Waals surface area (Å²) in [5.41, 5.74) is 2.90. The predicted molar refractivity (Wildman–Crippen MR) is 134 cm³/mol. The number of carbonyl (C=O) groups is 1. The summed E-state index contributed by atoms with van der Waals surface area (Å²) in [4.78, 5) is 22.0. The van der Waals surface area contributed by atoms with Gasteiger partial charge in [-0.25, -0.2) is 13.4 Å². The largest absolute Gasteiger partial charge is 0.328 e. The molecule has 8 nitrogen and oxygen atoms in total. The first-order valence-electron chi connectivity index (χ1n) is 11.5. The fourth-order valence-electron chi connectivity index (χ4n) is 4.22. The van der Waals surface area contributed by atoms with E-state index in [0.29, 0.717) is 37.3 Å². The summed E-state index contributed by atoms with van der Waals surface area (Å²) in [7, 11) is -3.57. The first-order valence-corrected chi connectivity index (χ1v) is 13.0. The molecule has 178 valence electrons. The zero-order valence-electron chi connectivity index (χ0n) is 19.7. The van der Waals surface area contributed by atoms with E-state index in [-0.39, 0.29) is 17.2 Å². The topological polar surface area (TPSA) is 97.2 Å². The van der Waals surface area contributed by atoms with Crippen molar-refractivity contribution in [2.24, 2.45) is 0 Å². The Balaban J connectivity index is 1.55. The fraction of sp³-hybridized carbons (Fsp3) is 0.320. The van der Waals surface area contributed by atoms with E-state index in [1.165, 1.54) is 4.31 Å². The van der Waals surface area contributed by atoms with Crippen molar-refractivity contribution in [1.82, 2.24) is 18.8 Å². The number of carbonyl (C=O) groups excluding carboxylic acids is 1. The highest BCUT2D eigenvalue weighted by atomic mass is 32.2. The second-order valence-electron chi connectivity index (χ2n) is 7.94. The van der Waals surface area contributed by atoms with Gasteiger partial charge in [0.2, 0.25) is 15.9 Å². The van der Waals surface area contributed by atoms with Gasteiger partial charge in [0.1, 0.15) is 5.82 Å². The van der Waals surface area contributed by atoms with Gasteiger partial charge in [-0.2, -0.15) is 4.31 Å². The Hall–Kier alpha value is -3.30. The third-order valence-electron chi connectivity index (χ3n) is 5.94. The quantitative estimate of drug-likeness (QED) is 0.388. The summed E-state index contributed by atoms with van der Waals surface area (Å²) in [5, 5.41) is 3.92. The third-order valence-corrected chi connectivity index (χ3v) is 7.99.